The lowest BCUT2D eigenvalue weighted by Crippen LogP contribution is -2.44. The largest absolute Gasteiger partial charge is 0.334 e. The molecule has 1 unspecified atom stereocenters. The van der Waals surface area contributed by atoms with E-state index in [1.54, 1.807) is 6.20 Å². The summed E-state index contributed by atoms with van der Waals surface area (Å²) in [5, 5.41) is 7.25. The van der Waals surface area contributed by atoms with Crippen molar-refractivity contribution in [2.24, 2.45) is 7.05 Å². The average molecular weight is 313 g/mol. The second kappa shape index (κ2) is 6.81. The number of aromatic nitrogens is 3. The Bertz CT molecular complexity index is 667. The van der Waals surface area contributed by atoms with Crippen molar-refractivity contribution in [1.29, 1.82) is 0 Å². The van der Waals surface area contributed by atoms with Crippen LogP contribution >= 0.6 is 0 Å². The molecule has 1 fully saturated rings. The van der Waals surface area contributed by atoms with Gasteiger partial charge in [-0.05, 0) is 37.8 Å². The van der Waals surface area contributed by atoms with Gasteiger partial charge < -0.3 is 10.2 Å². The molecule has 0 saturated carbocycles. The van der Waals surface area contributed by atoms with Crippen molar-refractivity contribution in [2.75, 3.05) is 6.54 Å². The first-order valence-electron chi connectivity index (χ1n) is 8.08. The Balaban J connectivity index is 1.68. The van der Waals surface area contributed by atoms with Gasteiger partial charge in [0.05, 0.1) is 12.2 Å². The number of hydrogen-bond acceptors (Lipinski definition) is 3. The summed E-state index contributed by atoms with van der Waals surface area (Å²) in [5.74, 6) is 0. The molecule has 3 rings (SSSR count). The lowest BCUT2D eigenvalue weighted by Gasteiger charge is -2.35. The van der Waals surface area contributed by atoms with Gasteiger partial charge in [0.25, 0.3) is 0 Å². The van der Waals surface area contributed by atoms with Crippen LogP contribution in [-0.2, 0) is 13.6 Å². The van der Waals surface area contributed by atoms with Crippen molar-refractivity contribution in [1.82, 2.24) is 25.0 Å². The number of urea groups is 1. The van der Waals surface area contributed by atoms with Gasteiger partial charge in [-0.2, -0.15) is 5.10 Å². The molecule has 1 aliphatic rings. The van der Waals surface area contributed by atoms with Crippen molar-refractivity contribution in [3.63, 3.8) is 0 Å². The third kappa shape index (κ3) is 3.36. The molecule has 1 N–H and O–H groups in total. The maximum atomic E-state index is 12.6. The number of piperidine rings is 1. The number of nitrogens with zero attached hydrogens (tertiary/aromatic N) is 4. The van der Waals surface area contributed by atoms with Gasteiger partial charge >= 0.3 is 6.03 Å². The predicted octanol–water partition coefficient (Wildman–Crippen LogP) is 2.56. The minimum Gasteiger partial charge on any atom is -0.334 e. The minimum absolute atomic E-state index is 0.0122. The highest BCUT2D eigenvalue weighted by atomic mass is 16.2. The van der Waals surface area contributed by atoms with Crippen LogP contribution in [0.25, 0.3) is 0 Å². The number of carbonyl (C=O) groups excluding carboxylic acids is 1. The van der Waals surface area contributed by atoms with Crippen LogP contribution in [-0.4, -0.2) is 32.2 Å². The van der Waals surface area contributed by atoms with E-state index in [0.29, 0.717) is 6.54 Å². The standard InChI is InChI=1S/C17H23N5O/c1-13-15(12-20-21(13)2)11-19-17(23)22-9-4-3-7-16(22)14-6-5-8-18-10-14/h5-6,8,10,12,16H,3-4,7,9,11H2,1-2H3,(H,19,23). The molecule has 1 saturated heterocycles. The highest BCUT2D eigenvalue weighted by molar-refractivity contribution is 5.75. The molecule has 2 aromatic rings. The molecule has 1 atom stereocenters. The van der Waals surface area contributed by atoms with E-state index in [1.807, 2.05) is 42.0 Å². The van der Waals surface area contributed by atoms with E-state index in [9.17, 15) is 4.79 Å². The fourth-order valence-corrected chi connectivity index (χ4v) is 3.08. The van der Waals surface area contributed by atoms with Crippen LogP contribution in [0.4, 0.5) is 4.79 Å². The van der Waals surface area contributed by atoms with Gasteiger partial charge in [-0.1, -0.05) is 6.07 Å². The van der Waals surface area contributed by atoms with Crippen molar-refractivity contribution in [3.8, 4) is 0 Å². The van der Waals surface area contributed by atoms with E-state index in [-0.39, 0.29) is 12.1 Å². The van der Waals surface area contributed by atoms with E-state index in [4.69, 9.17) is 0 Å². The van der Waals surface area contributed by atoms with Gasteiger partial charge in [-0.15, -0.1) is 0 Å². The van der Waals surface area contributed by atoms with Crippen LogP contribution in [0.15, 0.2) is 30.7 Å². The third-order valence-electron chi connectivity index (χ3n) is 4.60. The van der Waals surface area contributed by atoms with Crippen molar-refractivity contribution < 1.29 is 4.79 Å². The molecule has 3 heterocycles. The van der Waals surface area contributed by atoms with Gasteiger partial charge in [0.15, 0.2) is 0 Å². The van der Waals surface area contributed by atoms with Crippen LogP contribution in [0.5, 0.6) is 0 Å². The maximum Gasteiger partial charge on any atom is 0.318 e. The summed E-state index contributed by atoms with van der Waals surface area (Å²) in [7, 11) is 1.91. The SMILES string of the molecule is Cc1c(CNC(=O)N2CCCCC2c2cccnc2)cnn1C. The summed E-state index contributed by atoms with van der Waals surface area (Å²) in [6, 6.07) is 4.09. The first kappa shape index (κ1) is 15.5. The molecule has 2 amide bonds. The second-order valence-electron chi connectivity index (χ2n) is 6.03. The summed E-state index contributed by atoms with van der Waals surface area (Å²) in [6.45, 7) is 3.31. The van der Waals surface area contributed by atoms with Gasteiger partial charge in [0, 0.05) is 43.8 Å². The molecule has 0 bridgehead atoms. The smallest absolute Gasteiger partial charge is 0.318 e. The summed E-state index contributed by atoms with van der Waals surface area (Å²) in [6.07, 6.45) is 8.63. The molecule has 0 aromatic carbocycles. The lowest BCUT2D eigenvalue weighted by molar-refractivity contribution is 0.151. The zero-order valence-corrected chi connectivity index (χ0v) is 13.7. The van der Waals surface area contributed by atoms with E-state index >= 15 is 0 Å². The molecule has 1 aliphatic heterocycles. The average Bonchev–Trinajstić information content (AvgIpc) is 2.92. The van der Waals surface area contributed by atoms with Crippen molar-refractivity contribution >= 4 is 6.03 Å². The topological polar surface area (TPSA) is 63.1 Å². The number of likely N-dealkylation sites (tertiary alicyclic amines) is 1. The quantitative estimate of drug-likeness (QED) is 0.947. The van der Waals surface area contributed by atoms with Crippen LogP contribution in [0, 0.1) is 6.92 Å². The normalized spacial score (nSPS) is 18.0. The van der Waals surface area contributed by atoms with E-state index in [0.717, 1.165) is 42.6 Å². The first-order chi connectivity index (χ1) is 11.2. The number of rotatable bonds is 3. The molecule has 0 spiro atoms. The van der Waals surface area contributed by atoms with Gasteiger partial charge in [-0.25, -0.2) is 4.79 Å². The Labute approximate surface area is 136 Å². The number of nitrogens with one attached hydrogen (secondary N) is 1. The number of hydrogen-bond donors (Lipinski definition) is 1. The monoisotopic (exact) mass is 313 g/mol. The predicted molar refractivity (Wildman–Crippen MR) is 87.7 cm³/mol. The first-order valence-corrected chi connectivity index (χ1v) is 8.08. The zero-order chi connectivity index (χ0) is 16.2. The minimum atomic E-state index is -0.0122. The van der Waals surface area contributed by atoms with Crippen LogP contribution in [0.1, 0.15) is 42.1 Å². The molecule has 2 aromatic heterocycles. The molecule has 6 heteroatoms. The van der Waals surface area contributed by atoms with Crippen LogP contribution in [0.3, 0.4) is 0 Å². The highest BCUT2D eigenvalue weighted by Crippen LogP contribution is 2.30. The Kier molecular flexibility index (Phi) is 4.60. The molecule has 122 valence electrons. The van der Waals surface area contributed by atoms with E-state index in [1.165, 1.54) is 0 Å². The maximum absolute atomic E-state index is 12.6. The van der Waals surface area contributed by atoms with Gasteiger partial charge in [-0.3, -0.25) is 9.67 Å². The fraction of sp³-hybridized carbons (Fsp3) is 0.471. The van der Waals surface area contributed by atoms with Crippen LogP contribution < -0.4 is 5.32 Å². The third-order valence-corrected chi connectivity index (χ3v) is 4.60. The summed E-state index contributed by atoms with van der Waals surface area (Å²) in [4.78, 5) is 18.8. The Morgan fingerprint density at radius 1 is 1.39 bits per heavy atom. The van der Waals surface area contributed by atoms with Gasteiger partial charge in [0.2, 0.25) is 0 Å². The fourth-order valence-electron chi connectivity index (χ4n) is 3.08. The number of carbonyl (C=O) groups is 1. The number of pyridine rings is 1. The van der Waals surface area contributed by atoms with Crippen LogP contribution in [0.2, 0.25) is 0 Å². The molecular weight excluding hydrogens is 290 g/mol. The second-order valence-corrected chi connectivity index (χ2v) is 6.03. The number of aryl methyl sites for hydroxylation is 1. The molecular formula is C17H23N5O. The molecule has 0 aliphatic carbocycles. The highest BCUT2D eigenvalue weighted by Gasteiger charge is 2.28. The Morgan fingerprint density at radius 2 is 2.26 bits per heavy atom. The zero-order valence-electron chi connectivity index (χ0n) is 13.7. The molecule has 6 nitrogen and oxygen atoms in total. The van der Waals surface area contributed by atoms with E-state index < -0.39 is 0 Å². The Hall–Kier alpha value is -2.37. The Morgan fingerprint density at radius 3 is 2.96 bits per heavy atom. The summed E-state index contributed by atoms with van der Waals surface area (Å²) < 4.78 is 1.82. The molecule has 23 heavy (non-hydrogen) atoms. The summed E-state index contributed by atoms with van der Waals surface area (Å²) in [5.41, 5.74) is 3.24. The molecule has 0 radical (unpaired) electrons. The van der Waals surface area contributed by atoms with E-state index in [2.05, 4.69) is 21.5 Å². The lowest BCUT2D eigenvalue weighted by atomic mass is 9.97. The number of amides is 2. The van der Waals surface area contributed by atoms with Gasteiger partial charge in [0.1, 0.15) is 0 Å². The summed E-state index contributed by atoms with van der Waals surface area (Å²) >= 11 is 0. The van der Waals surface area contributed by atoms with Crippen molar-refractivity contribution in [2.45, 2.75) is 38.8 Å². The van der Waals surface area contributed by atoms with Crippen molar-refractivity contribution in [3.05, 3.63) is 47.5 Å².